The molecule has 0 aliphatic heterocycles. The van der Waals surface area contributed by atoms with Crippen LogP contribution in [0.25, 0.3) is 0 Å². The van der Waals surface area contributed by atoms with E-state index < -0.39 is 25.2 Å². The van der Waals surface area contributed by atoms with Crippen LogP contribution in [0, 0.1) is 3.57 Å². The molecule has 7 heteroatoms. The average molecular weight is 359 g/mol. The minimum atomic E-state index is -4.40. The molecule has 0 spiro atoms. The maximum Gasteiger partial charge on any atom is 0.405 e. The molecule has 1 aromatic rings. The molecule has 0 bridgehead atoms. The van der Waals surface area contributed by atoms with Crippen LogP contribution < -0.4 is 10.1 Å². The summed E-state index contributed by atoms with van der Waals surface area (Å²) in [4.78, 5) is 11.0. The molecule has 1 rings (SSSR count). The molecule has 1 aromatic carbocycles. The van der Waals surface area contributed by atoms with Gasteiger partial charge in [0.1, 0.15) is 12.3 Å². The van der Waals surface area contributed by atoms with Gasteiger partial charge < -0.3 is 10.1 Å². The molecule has 0 unspecified atom stereocenters. The number of amides is 1. The Morgan fingerprint density at radius 1 is 1.29 bits per heavy atom. The summed E-state index contributed by atoms with van der Waals surface area (Å²) in [6.07, 6.45) is -4.40. The SMILES string of the molecule is O=C(COc1ccc(I)cc1)NCC(F)(F)F. The van der Waals surface area contributed by atoms with Crippen LogP contribution in [0.3, 0.4) is 0 Å². The molecule has 1 amide bonds. The van der Waals surface area contributed by atoms with Gasteiger partial charge in [-0.1, -0.05) is 0 Å². The lowest BCUT2D eigenvalue weighted by atomic mass is 10.3. The highest BCUT2D eigenvalue weighted by molar-refractivity contribution is 14.1. The molecule has 0 saturated carbocycles. The van der Waals surface area contributed by atoms with Crippen LogP contribution in [0.5, 0.6) is 5.75 Å². The summed E-state index contributed by atoms with van der Waals surface area (Å²) in [5.74, 6) is -0.367. The summed E-state index contributed by atoms with van der Waals surface area (Å²) >= 11 is 2.10. The van der Waals surface area contributed by atoms with Crippen LogP contribution in [0.15, 0.2) is 24.3 Å². The molecule has 0 fully saturated rings. The zero-order valence-electron chi connectivity index (χ0n) is 8.55. The van der Waals surface area contributed by atoms with Crippen LogP contribution in [0.2, 0.25) is 0 Å². The van der Waals surface area contributed by atoms with E-state index >= 15 is 0 Å². The molecule has 1 N–H and O–H groups in total. The van der Waals surface area contributed by atoms with Crippen molar-refractivity contribution >= 4 is 28.5 Å². The lowest BCUT2D eigenvalue weighted by molar-refractivity contribution is -0.139. The monoisotopic (exact) mass is 359 g/mol. The Balaban J connectivity index is 2.31. The van der Waals surface area contributed by atoms with Gasteiger partial charge >= 0.3 is 6.18 Å². The van der Waals surface area contributed by atoms with Gasteiger partial charge in [0.05, 0.1) is 0 Å². The van der Waals surface area contributed by atoms with Crippen LogP contribution in [0.1, 0.15) is 0 Å². The Bertz CT molecular complexity index is 378. The van der Waals surface area contributed by atoms with Gasteiger partial charge in [0.15, 0.2) is 6.61 Å². The number of halogens is 4. The predicted molar refractivity (Wildman–Crippen MR) is 63.7 cm³/mol. The van der Waals surface area contributed by atoms with Crippen molar-refractivity contribution in [3.63, 3.8) is 0 Å². The third kappa shape index (κ3) is 6.35. The Morgan fingerprint density at radius 3 is 2.41 bits per heavy atom. The van der Waals surface area contributed by atoms with Crippen molar-refractivity contribution in [2.75, 3.05) is 13.2 Å². The molecular formula is C10H9F3INO2. The van der Waals surface area contributed by atoms with E-state index in [2.05, 4.69) is 22.6 Å². The van der Waals surface area contributed by atoms with Crippen molar-refractivity contribution in [3.8, 4) is 5.75 Å². The number of hydrogen-bond acceptors (Lipinski definition) is 2. The first-order chi connectivity index (χ1) is 7.87. The van der Waals surface area contributed by atoms with E-state index in [1.807, 2.05) is 0 Å². The lowest BCUT2D eigenvalue weighted by Gasteiger charge is -2.09. The highest BCUT2D eigenvalue weighted by Crippen LogP contribution is 2.14. The molecular weight excluding hydrogens is 350 g/mol. The maximum atomic E-state index is 11.8. The van der Waals surface area contributed by atoms with Gasteiger partial charge in [-0.25, -0.2) is 0 Å². The molecule has 0 heterocycles. The lowest BCUT2D eigenvalue weighted by Crippen LogP contribution is -2.36. The predicted octanol–water partition coefficient (Wildman–Crippen LogP) is 2.35. The second kappa shape index (κ2) is 6.08. The standard InChI is InChI=1S/C10H9F3INO2/c11-10(12,13)6-15-9(16)5-17-8-3-1-7(14)2-4-8/h1-4H,5-6H2,(H,15,16). The number of hydrogen-bond donors (Lipinski definition) is 1. The van der Waals surface area contributed by atoms with Crippen LogP contribution in [0.4, 0.5) is 13.2 Å². The van der Waals surface area contributed by atoms with Crippen molar-refractivity contribution in [2.24, 2.45) is 0 Å². The normalized spacial score (nSPS) is 11.1. The van der Waals surface area contributed by atoms with Crippen molar-refractivity contribution in [1.29, 1.82) is 0 Å². The van der Waals surface area contributed by atoms with Gasteiger partial charge in [-0.05, 0) is 46.9 Å². The van der Waals surface area contributed by atoms with Gasteiger partial charge in [-0.2, -0.15) is 13.2 Å². The average Bonchev–Trinajstić information content (AvgIpc) is 2.25. The smallest absolute Gasteiger partial charge is 0.405 e. The van der Waals surface area contributed by atoms with E-state index in [0.29, 0.717) is 5.75 Å². The number of nitrogens with one attached hydrogen (secondary N) is 1. The Labute approximate surface area is 109 Å². The third-order valence-electron chi connectivity index (χ3n) is 1.67. The Morgan fingerprint density at radius 2 is 1.88 bits per heavy atom. The van der Waals surface area contributed by atoms with Gasteiger partial charge in [-0.15, -0.1) is 0 Å². The van der Waals surface area contributed by atoms with Crippen molar-refractivity contribution in [1.82, 2.24) is 5.32 Å². The zero-order valence-corrected chi connectivity index (χ0v) is 10.7. The molecule has 0 aliphatic rings. The fourth-order valence-electron chi connectivity index (χ4n) is 0.930. The maximum absolute atomic E-state index is 11.8. The molecule has 0 radical (unpaired) electrons. The minimum Gasteiger partial charge on any atom is -0.484 e. The molecule has 3 nitrogen and oxygen atoms in total. The van der Waals surface area contributed by atoms with Crippen molar-refractivity contribution in [3.05, 3.63) is 27.8 Å². The van der Waals surface area contributed by atoms with Crippen molar-refractivity contribution < 1.29 is 22.7 Å². The van der Waals surface area contributed by atoms with Crippen LogP contribution in [-0.2, 0) is 4.79 Å². The van der Waals surface area contributed by atoms with Gasteiger partial charge in [0.25, 0.3) is 5.91 Å². The summed E-state index contributed by atoms with van der Waals surface area (Å²) in [5.41, 5.74) is 0. The first-order valence-electron chi connectivity index (χ1n) is 4.58. The summed E-state index contributed by atoms with van der Waals surface area (Å²) in [7, 11) is 0. The largest absolute Gasteiger partial charge is 0.484 e. The minimum absolute atomic E-state index is 0.434. The second-order valence-electron chi connectivity index (χ2n) is 3.13. The molecule has 17 heavy (non-hydrogen) atoms. The number of alkyl halides is 3. The molecule has 0 aliphatic carbocycles. The summed E-state index contributed by atoms with van der Waals surface area (Å²) in [5, 5.41) is 1.71. The number of benzene rings is 1. The quantitative estimate of drug-likeness (QED) is 0.839. The third-order valence-corrected chi connectivity index (χ3v) is 2.39. The number of carbonyl (C=O) groups excluding carboxylic acids is 1. The first-order valence-corrected chi connectivity index (χ1v) is 5.66. The molecule has 0 aromatic heterocycles. The second-order valence-corrected chi connectivity index (χ2v) is 4.38. The molecule has 94 valence electrons. The number of ether oxygens (including phenoxy) is 1. The van der Waals surface area contributed by atoms with Crippen LogP contribution >= 0.6 is 22.6 Å². The van der Waals surface area contributed by atoms with Gasteiger partial charge in [0.2, 0.25) is 0 Å². The van der Waals surface area contributed by atoms with Gasteiger partial charge in [-0.3, -0.25) is 4.79 Å². The highest BCUT2D eigenvalue weighted by atomic mass is 127. The topological polar surface area (TPSA) is 38.3 Å². The first kappa shape index (κ1) is 14.1. The Hall–Kier alpha value is -0.990. The van der Waals surface area contributed by atoms with Crippen molar-refractivity contribution in [2.45, 2.75) is 6.18 Å². The molecule has 0 saturated heterocycles. The van der Waals surface area contributed by atoms with Gasteiger partial charge in [0, 0.05) is 3.57 Å². The van der Waals surface area contributed by atoms with Crippen LogP contribution in [-0.4, -0.2) is 25.2 Å². The molecule has 0 atom stereocenters. The summed E-state index contributed by atoms with van der Waals surface area (Å²) in [6.45, 7) is -1.78. The fourth-order valence-corrected chi connectivity index (χ4v) is 1.29. The van der Waals surface area contributed by atoms with E-state index in [9.17, 15) is 18.0 Å². The van der Waals surface area contributed by atoms with E-state index in [4.69, 9.17) is 4.74 Å². The highest BCUT2D eigenvalue weighted by Gasteiger charge is 2.27. The Kier molecular flexibility index (Phi) is 5.03. The van der Waals surface area contributed by atoms with E-state index in [1.54, 1.807) is 29.6 Å². The zero-order chi connectivity index (χ0) is 12.9. The van der Waals surface area contributed by atoms with E-state index in [-0.39, 0.29) is 0 Å². The number of carbonyl (C=O) groups is 1. The van der Waals surface area contributed by atoms with E-state index in [0.717, 1.165) is 3.57 Å². The number of rotatable bonds is 4. The fraction of sp³-hybridized carbons (Fsp3) is 0.300. The summed E-state index contributed by atoms with van der Waals surface area (Å²) < 4.78 is 41.3. The summed E-state index contributed by atoms with van der Waals surface area (Å²) in [6, 6.07) is 6.81. The van der Waals surface area contributed by atoms with E-state index in [1.165, 1.54) is 0 Å².